The van der Waals surface area contributed by atoms with Crippen LogP contribution in [0.3, 0.4) is 0 Å². The highest BCUT2D eigenvalue weighted by molar-refractivity contribution is 5.41. The lowest BCUT2D eigenvalue weighted by Crippen LogP contribution is -2.24. The third-order valence-corrected chi connectivity index (χ3v) is 3.94. The summed E-state index contributed by atoms with van der Waals surface area (Å²) in [4.78, 5) is 2.33. The number of nitrogens with zero attached hydrogens (tertiary/aromatic N) is 3. The summed E-state index contributed by atoms with van der Waals surface area (Å²) in [7, 11) is 0. The summed E-state index contributed by atoms with van der Waals surface area (Å²) in [5, 5.41) is 12.0. The Hall–Kier alpha value is -1.94. The van der Waals surface area contributed by atoms with Gasteiger partial charge in [-0.05, 0) is 42.6 Å². The van der Waals surface area contributed by atoms with E-state index in [9.17, 15) is 0 Å². The van der Waals surface area contributed by atoms with E-state index < -0.39 is 0 Å². The average molecular weight is 282 g/mol. The fraction of sp³-hybridized carbons (Fsp3) is 0.412. The smallest absolute Gasteiger partial charge is 0.151 e. The van der Waals surface area contributed by atoms with Gasteiger partial charge in [-0.2, -0.15) is 5.10 Å². The van der Waals surface area contributed by atoms with Crippen LogP contribution in [-0.2, 0) is 19.5 Å². The summed E-state index contributed by atoms with van der Waals surface area (Å²) in [5.41, 5.74) is 3.88. The molecule has 0 spiro atoms. The fourth-order valence-electron chi connectivity index (χ4n) is 2.77. The number of aryl methyl sites for hydroxylation is 1. The Morgan fingerprint density at radius 2 is 1.95 bits per heavy atom. The molecular formula is C17H22N4. The topological polar surface area (TPSA) is 41.0 Å². The summed E-state index contributed by atoms with van der Waals surface area (Å²) < 4.78 is 0. The van der Waals surface area contributed by atoms with E-state index in [1.165, 1.54) is 11.1 Å². The standard InChI is InChI=1S/C17H22N4/c1-2-18-12-16-9-10-17(20-19-16)21-11-5-8-14-6-3-4-7-15(14)13-21/h3-4,6-7,9-10,18H,2,5,8,11-13H2,1H3. The van der Waals surface area contributed by atoms with Crippen LogP contribution in [0.25, 0.3) is 0 Å². The van der Waals surface area contributed by atoms with Gasteiger partial charge in [-0.15, -0.1) is 5.10 Å². The largest absolute Gasteiger partial charge is 0.351 e. The zero-order valence-electron chi connectivity index (χ0n) is 12.5. The van der Waals surface area contributed by atoms with Crippen LogP contribution in [-0.4, -0.2) is 23.3 Å². The van der Waals surface area contributed by atoms with Gasteiger partial charge in [0.05, 0.1) is 5.69 Å². The zero-order chi connectivity index (χ0) is 14.5. The number of aromatic nitrogens is 2. The Morgan fingerprint density at radius 3 is 2.71 bits per heavy atom. The Bertz CT molecular complexity index is 580. The lowest BCUT2D eigenvalue weighted by atomic mass is 10.0. The SMILES string of the molecule is CCNCc1ccc(N2CCCc3ccccc3C2)nn1. The maximum atomic E-state index is 4.41. The van der Waals surface area contributed by atoms with Gasteiger partial charge >= 0.3 is 0 Å². The van der Waals surface area contributed by atoms with E-state index in [2.05, 4.69) is 63.7 Å². The molecule has 21 heavy (non-hydrogen) atoms. The second-order valence-electron chi connectivity index (χ2n) is 5.46. The molecule has 2 heterocycles. The maximum Gasteiger partial charge on any atom is 0.151 e. The van der Waals surface area contributed by atoms with E-state index in [0.717, 1.165) is 50.5 Å². The highest BCUT2D eigenvalue weighted by Gasteiger charge is 2.15. The van der Waals surface area contributed by atoms with Gasteiger partial charge in [-0.25, -0.2) is 0 Å². The molecule has 1 aliphatic heterocycles. The highest BCUT2D eigenvalue weighted by Crippen LogP contribution is 2.22. The van der Waals surface area contributed by atoms with Crippen molar-refractivity contribution in [1.82, 2.24) is 15.5 Å². The first-order chi connectivity index (χ1) is 10.4. The van der Waals surface area contributed by atoms with Crippen molar-refractivity contribution in [2.24, 2.45) is 0 Å². The van der Waals surface area contributed by atoms with Crippen LogP contribution in [0.1, 0.15) is 30.2 Å². The molecule has 0 aliphatic carbocycles. The van der Waals surface area contributed by atoms with E-state index in [1.54, 1.807) is 0 Å². The van der Waals surface area contributed by atoms with Crippen LogP contribution in [0.2, 0.25) is 0 Å². The number of nitrogens with one attached hydrogen (secondary N) is 1. The number of hydrogen-bond acceptors (Lipinski definition) is 4. The molecule has 1 aromatic heterocycles. The average Bonchev–Trinajstić information content (AvgIpc) is 2.75. The molecule has 0 fully saturated rings. The monoisotopic (exact) mass is 282 g/mol. The predicted molar refractivity (Wildman–Crippen MR) is 85.2 cm³/mol. The second kappa shape index (κ2) is 6.68. The predicted octanol–water partition coefficient (Wildman–Crippen LogP) is 2.54. The maximum absolute atomic E-state index is 4.41. The van der Waals surface area contributed by atoms with Crippen molar-refractivity contribution in [2.45, 2.75) is 32.9 Å². The summed E-state index contributed by atoms with van der Waals surface area (Å²) in [6, 6.07) is 12.9. The molecule has 0 radical (unpaired) electrons. The van der Waals surface area contributed by atoms with Crippen LogP contribution in [0.4, 0.5) is 5.82 Å². The molecule has 0 saturated heterocycles. The van der Waals surface area contributed by atoms with Crippen LogP contribution in [0.5, 0.6) is 0 Å². The third-order valence-electron chi connectivity index (χ3n) is 3.94. The third kappa shape index (κ3) is 3.39. The van der Waals surface area contributed by atoms with Gasteiger partial charge in [0.15, 0.2) is 5.82 Å². The molecule has 0 unspecified atom stereocenters. The van der Waals surface area contributed by atoms with Crippen LogP contribution in [0.15, 0.2) is 36.4 Å². The lowest BCUT2D eigenvalue weighted by molar-refractivity contribution is 0.690. The molecule has 3 rings (SSSR count). The van der Waals surface area contributed by atoms with Crippen molar-refractivity contribution < 1.29 is 0 Å². The van der Waals surface area contributed by atoms with Crippen molar-refractivity contribution in [3.05, 3.63) is 53.2 Å². The van der Waals surface area contributed by atoms with E-state index in [4.69, 9.17) is 0 Å². The molecule has 0 bridgehead atoms. The van der Waals surface area contributed by atoms with Crippen molar-refractivity contribution in [3.8, 4) is 0 Å². The van der Waals surface area contributed by atoms with Gasteiger partial charge in [0.1, 0.15) is 0 Å². The first-order valence-corrected chi connectivity index (χ1v) is 7.72. The molecule has 4 heteroatoms. The number of benzene rings is 1. The Morgan fingerprint density at radius 1 is 1.10 bits per heavy atom. The molecular weight excluding hydrogens is 260 g/mol. The fourth-order valence-corrected chi connectivity index (χ4v) is 2.77. The van der Waals surface area contributed by atoms with Gasteiger partial charge in [0.25, 0.3) is 0 Å². The van der Waals surface area contributed by atoms with Gasteiger partial charge < -0.3 is 10.2 Å². The molecule has 1 N–H and O–H groups in total. The zero-order valence-corrected chi connectivity index (χ0v) is 12.5. The van der Waals surface area contributed by atoms with E-state index in [1.807, 2.05) is 0 Å². The number of anilines is 1. The lowest BCUT2D eigenvalue weighted by Gasteiger charge is -2.21. The number of rotatable bonds is 4. The first-order valence-electron chi connectivity index (χ1n) is 7.72. The molecule has 0 amide bonds. The van der Waals surface area contributed by atoms with Crippen molar-refractivity contribution in [3.63, 3.8) is 0 Å². The first kappa shape index (κ1) is 14.0. The molecule has 1 aromatic carbocycles. The number of fused-ring (bicyclic) bond motifs is 1. The minimum absolute atomic E-state index is 0.784. The van der Waals surface area contributed by atoms with Gasteiger partial charge in [-0.1, -0.05) is 31.2 Å². The van der Waals surface area contributed by atoms with E-state index in [0.29, 0.717) is 0 Å². The molecule has 4 nitrogen and oxygen atoms in total. The van der Waals surface area contributed by atoms with E-state index in [-0.39, 0.29) is 0 Å². The van der Waals surface area contributed by atoms with Crippen LogP contribution in [0, 0.1) is 0 Å². The molecule has 0 atom stereocenters. The number of hydrogen-bond donors (Lipinski definition) is 1. The minimum Gasteiger partial charge on any atom is -0.351 e. The summed E-state index contributed by atoms with van der Waals surface area (Å²) in [6.07, 6.45) is 2.32. The Kier molecular flexibility index (Phi) is 4.46. The highest BCUT2D eigenvalue weighted by atomic mass is 15.3. The summed E-state index contributed by atoms with van der Waals surface area (Å²) in [5.74, 6) is 0.979. The van der Waals surface area contributed by atoms with Crippen LogP contribution >= 0.6 is 0 Å². The molecule has 0 saturated carbocycles. The van der Waals surface area contributed by atoms with E-state index >= 15 is 0 Å². The summed E-state index contributed by atoms with van der Waals surface area (Å²) in [6.45, 7) is 5.79. The van der Waals surface area contributed by atoms with Crippen LogP contribution < -0.4 is 10.2 Å². The molecule has 2 aromatic rings. The quantitative estimate of drug-likeness (QED) is 0.935. The van der Waals surface area contributed by atoms with Crippen molar-refractivity contribution in [2.75, 3.05) is 18.0 Å². The van der Waals surface area contributed by atoms with Crippen molar-refractivity contribution >= 4 is 5.82 Å². The normalized spacial score (nSPS) is 14.6. The van der Waals surface area contributed by atoms with Gasteiger partial charge in [0.2, 0.25) is 0 Å². The van der Waals surface area contributed by atoms with Gasteiger partial charge in [-0.3, -0.25) is 0 Å². The second-order valence-corrected chi connectivity index (χ2v) is 5.46. The van der Waals surface area contributed by atoms with Gasteiger partial charge in [0, 0.05) is 19.6 Å². The summed E-state index contributed by atoms with van der Waals surface area (Å²) >= 11 is 0. The van der Waals surface area contributed by atoms with Crippen molar-refractivity contribution in [1.29, 1.82) is 0 Å². The molecule has 110 valence electrons. The molecule has 1 aliphatic rings. The minimum atomic E-state index is 0.784. The Labute approximate surface area is 126 Å². The Balaban J connectivity index is 1.74.